The second-order valence-corrected chi connectivity index (χ2v) is 7.76. The molecular formula is C21H24ClN3O4. The highest BCUT2D eigenvalue weighted by Gasteiger charge is 2.24. The molecule has 2 aromatic rings. The summed E-state index contributed by atoms with van der Waals surface area (Å²) in [6.45, 7) is 1.54. The zero-order valence-electron chi connectivity index (χ0n) is 16.2. The molecule has 0 bridgehead atoms. The van der Waals surface area contributed by atoms with Crippen LogP contribution in [0.2, 0.25) is 5.02 Å². The minimum absolute atomic E-state index is 0.111. The Morgan fingerprint density at radius 2 is 2.17 bits per heavy atom. The van der Waals surface area contributed by atoms with Gasteiger partial charge in [0.05, 0.1) is 0 Å². The monoisotopic (exact) mass is 417 g/mol. The van der Waals surface area contributed by atoms with Crippen LogP contribution < -0.4 is 10.7 Å². The molecule has 1 unspecified atom stereocenters. The maximum Gasteiger partial charge on any atom is 0.257 e. The van der Waals surface area contributed by atoms with E-state index in [0.717, 1.165) is 31.4 Å². The van der Waals surface area contributed by atoms with Crippen LogP contribution in [0.4, 0.5) is 0 Å². The molecule has 1 aliphatic rings. The first-order chi connectivity index (χ1) is 13.9. The van der Waals surface area contributed by atoms with Crippen LogP contribution in [0.1, 0.15) is 45.7 Å². The average molecular weight is 418 g/mol. The van der Waals surface area contributed by atoms with E-state index in [9.17, 15) is 19.5 Å². The predicted molar refractivity (Wildman–Crippen MR) is 111 cm³/mol. The number of benzene rings is 1. The van der Waals surface area contributed by atoms with Crippen molar-refractivity contribution in [3.05, 3.63) is 62.5 Å². The summed E-state index contributed by atoms with van der Waals surface area (Å²) in [5.41, 5.74) is -0.387. The maximum absolute atomic E-state index is 12.6. The number of pyridine rings is 1. The number of nitrogens with one attached hydrogen (secondary N) is 1. The van der Waals surface area contributed by atoms with Gasteiger partial charge in [-0.2, -0.15) is 0 Å². The molecule has 1 atom stereocenters. The van der Waals surface area contributed by atoms with Crippen molar-refractivity contribution in [1.29, 1.82) is 0 Å². The lowest BCUT2D eigenvalue weighted by atomic mass is 10.0. The zero-order chi connectivity index (χ0) is 21.0. The Hall–Kier alpha value is -2.64. The molecule has 2 N–H and O–H groups in total. The van der Waals surface area contributed by atoms with Crippen molar-refractivity contribution in [2.45, 2.75) is 38.4 Å². The van der Waals surface area contributed by atoms with E-state index in [4.69, 9.17) is 11.6 Å². The number of carbonyl (C=O) groups excluding carboxylic acids is 2. The van der Waals surface area contributed by atoms with Crippen molar-refractivity contribution in [3.8, 4) is 5.75 Å². The van der Waals surface area contributed by atoms with Gasteiger partial charge in [0.2, 0.25) is 5.43 Å². The Morgan fingerprint density at radius 3 is 2.86 bits per heavy atom. The van der Waals surface area contributed by atoms with Gasteiger partial charge in [0.25, 0.3) is 5.91 Å². The first kappa shape index (κ1) is 21.1. The number of carbonyl (C=O) groups is 2. The van der Waals surface area contributed by atoms with Gasteiger partial charge in [-0.05, 0) is 44.1 Å². The number of likely N-dealkylation sites (N-methyl/N-ethyl adjacent to an activating group) is 1. The van der Waals surface area contributed by atoms with Crippen LogP contribution >= 0.6 is 11.6 Å². The Balaban J connectivity index is 1.85. The molecule has 1 amide bonds. The fourth-order valence-electron chi connectivity index (χ4n) is 3.63. The molecule has 8 heteroatoms. The molecule has 0 saturated carbocycles. The van der Waals surface area contributed by atoms with Gasteiger partial charge in [0, 0.05) is 30.4 Å². The third kappa shape index (κ3) is 4.86. The Bertz CT molecular complexity index is 973. The highest BCUT2D eigenvalue weighted by Crippen LogP contribution is 2.19. The van der Waals surface area contributed by atoms with Crippen molar-refractivity contribution >= 4 is 23.8 Å². The van der Waals surface area contributed by atoms with E-state index in [1.54, 1.807) is 24.3 Å². The lowest BCUT2D eigenvalue weighted by molar-refractivity contribution is 0.0946. The molecule has 1 aliphatic heterocycles. The van der Waals surface area contributed by atoms with Crippen LogP contribution in [0.25, 0.3) is 0 Å². The van der Waals surface area contributed by atoms with Gasteiger partial charge in [-0.25, -0.2) is 0 Å². The first-order valence-electron chi connectivity index (χ1n) is 9.55. The quantitative estimate of drug-likeness (QED) is 0.704. The summed E-state index contributed by atoms with van der Waals surface area (Å²) >= 11 is 5.95. The molecule has 1 aromatic carbocycles. The van der Waals surface area contributed by atoms with Gasteiger partial charge in [0.15, 0.2) is 12.0 Å². The van der Waals surface area contributed by atoms with E-state index < -0.39 is 17.1 Å². The van der Waals surface area contributed by atoms with E-state index in [0.29, 0.717) is 17.9 Å². The first-order valence-corrected chi connectivity index (χ1v) is 9.93. The Labute approximate surface area is 173 Å². The second-order valence-electron chi connectivity index (χ2n) is 7.32. The third-order valence-corrected chi connectivity index (χ3v) is 5.56. The van der Waals surface area contributed by atoms with Gasteiger partial charge in [-0.3, -0.25) is 14.4 Å². The summed E-state index contributed by atoms with van der Waals surface area (Å²) in [4.78, 5) is 38.8. The number of rotatable bonds is 6. The Morgan fingerprint density at radius 1 is 1.38 bits per heavy atom. The predicted octanol–water partition coefficient (Wildman–Crippen LogP) is 2.43. The molecule has 29 heavy (non-hydrogen) atoms. The lowest BCUT2D eigenvalue weighted by Crippen LogP contribution is -2.40. The third-order valence-electron chi connectivity index (χ3n) is 5.32. The van der Waals surface area contributed by atoms with E-state index in [1.807, 2.05) is 7.05 Å². The molecule has 0 aliphatic carbocycles. The lowest BCUT2D eigenvalue weighted by Gasteiger charge is -2.33. The van der Waals surface area contributed by atoms with Gasteiger partial charge in [0.1, 0.15) is 11.3 Å². The molecule has 0 radical (unpaired) electrons. The molecule has 7 nitrogen and oxygen atoms in total. The number of aromatic hydroxyl groups is 1. The van der Waals surface area contributed by atoms with E-state index in [1.165, 1.54) is 10.8 Å². The number of likely N-dealkylation sites (tertiary alicyclic amines) is 1. The standard InChI is InChI=1S/C21H24ClN3O4/c1-24-8-3-2-7-16(24)11-25-12-17(19(27)20(28)18(25)13-26)21(29)23-10-14-5-4-6-15(22)9-14/h4-6,9,12-13,16,28H,2-3,7-8,10-11H2,1H3,(H,23,29). The summed E-state index contributed by atoms with van der Waals surface area (Å²) in [6.07, 6.45) is 4.94. The van der Waals surface area contributed by atoms with Crippen LogP contribution in [0.3, 0.4) is 0 Å². The number of piperidine rings is 1. The number of hydrogen-bond acceptors (Lipinski definition) is 5. The molecule has 0 spiro atoms. The molecule has 3 rings (SSSR count). The summed E-state index contributed by atoms with van der Waals surface area (Å²) in [5.74, 6) is -1.32. The minimum Gasteiger partial charge on any atom is -0.503 e. The van der Waals surface area contributed by atoms with Crippen molar-refractivity contribution in [2.24, 2.45) is 0 Å². The SMILES string of the molecule is CN1CCCCC1Cn1cc(C(=O)NCc2cccc(Cl)c2)c(=O)c(O)c1C=O. The van der Waals surface area contributed by atoms with Crippen molar-refractivity contribution in [3.63, 3.8) is 0 Å². The van der Waals surface area contributed by atoms with Crippen molar-refractivity contribution in [1.82, 2.24) is 14.8 Å². The number of hydrogen-bond donors (Lipinski definition) is 2. The molecule has 1 aromatic heterocycles. The van der Waals surface area contributed by atoms with Crippen LogP contribution in [0, 0.1) is 0 Å². The Kier molecular flexibility index (Phi) is 6.71. The molecule has 1 fully saturated rings. The highest BCUT2D eigenvalue weighted by molar-refractivity contribution is 6.30. The molecule has 1 saturated heterocycles. The number of aromatic nitrogens is 1. The fourth-order valence-corrected chi connectivity index (χ4v) is 3.84. The van der Waals surface area contributed by atoms with Crippen LogP contribution in [-0.4, -0.2) is 46.4 Å². The van der Waals surface area contributed by atoms with Gasteiger partial charge >= 0.3 is 0 Å². The summed E-state index contributed by atoms with van der Waals surface area (Å²) in [6, 6.07) is 7.17. The van der Waals surface area contributed by atoms with Crippen LogP contribution in [-0.2, 0) is 13.1 Å². The molecule has 2 heterocycles. The van der Waals surface area contributed by atoms with E-state index >= 15 is 0 Å². The van der Waals surface area contributed by atoms with Crippen molar-refractivity contribution < 1.29 is 14.7 Å². The minimum atomic E-state index is -0.857. The number of aldehydes is 1. The highest BCUT2D eigenvalue weighted by atomic mass is 35.5. The fraction of sp³-hybridized carbons (Fsp3) is 0.381. The number of amides is 1. The topological polar surface area (TPSA) is 91.6 Å². The summed E-state index contributed by atoms with van der Waals surface area (Å²) < 4.78 is 1.50. The molecule has 154 valence electrons. The normalized spacial score (nSPS) is 17.1. The summed E-state index contributed by atoms with van der Waals surface area (Å²) in [5, 5.41) is 13.5. The second kappa shape index (κ2) is 9.24. The number of nitrogens with zero attached hydrogens (tertiary/aromatic N) is 2. The smallest absolute Gasteiger partial charge is 0.257 e. The van der Waals surface area contributed by atoms with Crippen LogP contribution in [0.5, 0.6) is 5.75 Å². The van der Waals surface area contributed by atoms with Gasteiger partial charge in [-0.1, -0.05) is 30.2 Å². The number of halogens is 1. The zero-order valence-corrected chi connectivity index (χ0v) is 17.0. The van der Waals surface area contributed by atoms with E-state index in [-0.39, 0.29) is 23.8 Å². The maximum atomic E-state index is 12.6. The van der Waals surface area contributed by atoms with Crippen LogP contribution in [0.15, 0.2) is 35.3 Å². The summed E-state index contributed by atoms with van der Waals surface area (Å²) in [7, 11) is 2.01. The van der Waals surface area contributed by atoms with Crippen molar-refractivity contribution in [2.75, 3.05) is 13.6 Å². The largest absolute Gasteiger partial charge is 0.503 e. The molecular weight excluding hydrogens is 394 g/mol. The van der Waals surface area contributed by atoms with Gasteiger partial charge in [-0.15, -0.1) is 0 Å². The van der Waals surface area contributed by atoms with Gasteiger partial charge < -0.3 is 19.9 Å². The van der Waals surface area contributed by atoms with E-state index in [2.05, 4.69) is 10.2 Å². The average Bonchev–Trinajstić information content (AvgIpc) is 2.70.